The predicted octanol–water partition coefficient (Wildman–Crippen LogP) is 4.19. The molecule has 0 saturated heterocycles. The fourth-order valence-corrected chi connectivity index (χ4v) is 3.03. The summed E-state index contributed by atoms with van der Waals surface area (Å²) in [6.07, 6.45) is 8.47. The zero-order valence-electron chi connectivity index (χ0n) is 9.47. The van der Waals surface area contributed by atoms with E-state index in [-0.39, 0.29) is 0 Å². The van der Waals surface area contributed by atoms with Crippen LogP contribution >= 0.6 is 22.6 Å². The molecule has 0 amide bonds. The van der Waals surface area contributed by atoms with Gasteiger partial charge in [-0.15, -0.1) is 0 Å². The number of hydrogen-bond donors (Lipinski definition) is 0. The molecule has 14 heavy (non-hydrogen) atoms. The van der Waals surface area contributed by atoms with E-state index in [9.17, 15) is 0 Å². The molecule has 0 bridgehead atoms. The molecule has 0 N–H and O–H groups in total. The van der Waals surface area contributed by atoms with Crippen LogP contribution in [0, 0.1) is 5.92 Å². The molecular weight excluding hydrogens is 287 g/mol. The Morgan fingerprint density at radius 1 is 1.21 bits per heavy atom. The van der Waals surface area contributed by atoms with Crippen LogP contribution in [0.2, 0.25) is 0 Å². The topological polar surface area (TPSA) is 9.23 Å². The minimum Gasteiger partial charge on any atom is -0.377 e. The maximum atomic E-state index is 6.03. The van der Waals surface area contributed by atoms with Gasteiger partial charge in [-0.1, -0.05) is 62.1 Å². The Morgan fingerprint density at radius 2 is 1.86 bits per heavy atom. The van der Waals surface area contributed by atoms with Gasteiger partial charge in [0.2, 0.25) is 0 Å². The Kier molecular flexibility index (Phi) is 6.42. The fourth-order valence-electron chi connectivity index (χ4n) is 2.02. The van der Waals surface area contributed by atoms with Crippen molar-refractivity contribution in [3.63, 3.8) is 0 Å². The molecule has 1 aliphatic carbocycles. The summed E-state index contributed by atoms with van der Waals surface area (Å²) < 4.78 is 6.79. The van der Waals surface area contributed by atoms with Gasteiger partial charge < -0.3 is 4.74 Å². The third kappa shape index (κ3) is 4.05. The van der Waals surface area contributed by atoms with Crippen LogP contribution in [0.1, 0.15) is 52.4 Å². The summed E-state index contributed by atoms with van der Waals surface area (Å²) in [5.41, 5.74) is 0. The lowest BCUT2D eigenvalue weighted by Gasteiger charge is -2.28. The van der Waals surface area contributed by atoms with Crippen molar-refractivity contribution in [3.8, 4) is 0 Å². The van der Waals surface area contributed by atoms with Gasteiger partial charge in [0.05, 0.1) is 6.10 Å². The van der Waals surface area contributed by atoms with E-state index in [1.54, 1.807) is 0 Å². The van der Waals surface area contributed by atoms with Crippen molar-refractivity contribution in [1.29, 1.82) is 0 Å². The minimum absolute atomic E-state index is 0.546. The van der Waals surface area contributed by atoms with Crippen molar-refractivity contribution in [2.75, 3.05) is 6.61 Å². The highest BCUT2D eigenvalue weighted by Gasteiger charge is 2.23. The zero-order chi connectivity index (χ0) is 10.4. The second kappa shape index (κ2) is 7.04. The van der Waals surface area contributed by atoms with Gasteiger partial charge in [-0.25, -0.2) is 0 Å². The van der Waals surface area contributed by atoms with Crippen molar-refractivity contribution in [2.45, 2.75) is 62.4 Å². The highest BCUT2D eigenvalue weighted by Crippen LogP contribution is 2.27. The van der Waals surface area contributed by atoms with Crippen LogP contribution in [0.4, 0.5) is 0 Å². The predicted molar refractivity (Wildman–Crippen MR) is 70.1 cm³/mol. The molecule has 2 unspecified atom stereocenters. The lowest BCUT2D eigenvalue weighted by atomic mass is 9.97. The number of alkyl halides is 1. The Hall–Kier alpha value is 0.690. The number of hydrogen-bond acceptors (Lipinski definition) is 1. The molecule has 0 aromatic heterocycles. The molecule has 1 fully saturated rings. The van der Waals surface area contributed by atoms with E-state index in [0.29, 0.717) is 6.10 Å². The quantitative estimate of drug-likeness (QED) is 0.546. The van der Waals surface area contributed by atoms with Gasteiger partial charge in [0.25, 0.3) is 0 Å². The molecule has 0 heterocycles. The van der Waals surface area contributed by atoms with E-state index in [4.69, 9.17) is 4.74 Å². The molecule has 1 rings (SSSR count). The van der Waals surface area contributed by atoms with E-state index in [2.05, 4.69) is 36.4 Å². The van der Waals surface area contributed by atoms with E-state index >= 15 is 0 Å². The molecule has 0 aromatic rings. The molecule has 0 aliphatic heterocycles. The molecule has 84 valence electrons. The standard InChI is InChI=1S/C12H23IO/c1-3-10(4-2)9-14-12-8-6-5-7-11(12)13/h10-12H,3-9H2,1-2H3. The first kappa shape index (κ1) is 12.8. The number of halogens is 1. The first-order valence-electron chi connectivity index (χ1n) is 6.03. The van der Waals surface area contributed by atoms with E-state index in [1.165, 1.54) is 38.5 Å². The molecule has 1 aliphatic rings. The smallest absolute Gasteiger partial charge is 0.0692 e. The van der Waals surface area contributed by atoms with Crippen LogP contribution in [0.5, 0.6) is 0 Å². The summed E-state index contributed by atoms with van der Waals surface area (Å²) in [6.45, 7) is 5.51. The van der Waals surface area contributed by atoms with E-state index in [1.807, 2.05) is 0 Å². The van der Waals surface area contributed by atoms with Gasteiger partial charge in [0.1, 0.15) is 0 Å². The van der Waals surface area contributed by atoms with Crippen LogP contribution in [0.15, 0.2) is 0 Å². The molecule has 0 aromatic carbocycles. The first-order valence-corrected chi connectivity index (χ1v) is 7.28. The fraction of sp³-hybridized carbons (Fsp3) is 1.00. The summed E-state index contributed by atoms with van der Waals surface area (Å²) in [7, 11) is 0. The lowest BCUT2D eigenvalue weighted by Crippen LogP contribution is -2.29. The van der Waals surface area contributed by atoms with Crippen LogP contribution in [0.3, 0.4) is 0 Å². The van der Waals surface area contributed by atoms with Gasteiger partial charge in [0, 0.05) is 10.5 Å². The van der Waals surface area contributed by atoms with Crippen LogP contribution in [-0.4, -0.2) is 16.6 Å². The Bertz CT molecular complexity index is 145. The minimum atomic E-state index is 0.546. The third-order valence-corrected chi connectivity index (χ3v) is 4.75. The van der Waals surface area contributed by atoms with Crippen LogP contribution in [-0.2, 0) is 4.74 Å². The van der Waals surface area contributed by atoms with Gasteiger partial charge >= 0.3 is 0 Å². The maximum Gasteiger partial charge on any atom is 0.0692 e. The first-order chi connectivity index (χ1) is 6.77. The van der Waals surface area contributed by atoms with Crippen molar-refractivity contribution in [1.82, 2.24) is 0 Å². The zero-order valence-corrected chi connectivity index (χ0v) is 11.6. The Labute approximate surface area is 102 Å². The van der Waals surface area contributed by atoms with Gasteiger partial charge in [-0.05, 0) is 18.8 Å². The Morgan fingerprint density at radius 3 is 2.43 bits per heavy atom. The van der Waals surface area contributed by atoms with Crippen LogP contribution in [0.25, 0.3) is 0 Å². The monoisotopic (exact) mass is 310 g/mol. The van der Waals surface area contributed by atoms with Crippen molar-refractivity contribution >= 4 is 22.6 Å². The van der Waals surface area contributed by atoms with Crippen molar-refractivity contribution in [3.05, 3.63) is 0 Å². The molecule has 0 radical (unpaired) electrons. The highest BCUT2D eigenvalue weighted by atomic mass is 127. The molecule has 0 spiro atoms. The molecule has 1 nitrogen and oxygen atoms in total. The van der Waals surface area contributed by atoms with E-state index < -0.39 is 0 Å². The Balaban J connectivity index is 2.21. The molecule has 2 heteroatoms. The maximum absolute atomic E-state index is 6.03. The summed E-state index contributed by atoms with van der Waals surface area (Å²) >= 11 is 2.56. The van der Waals surface area contributed by atoms with Gasteiger partial charge in [-0.3, -0.25) is 0 Å². The molecule has 1 saturated carbocycles. The van der Waals surface area contributed by atoms with Gasteiger partial charge in [-0.2, -0.15) is 0 Å². The summed E-state index contributed by atoms with van der Waals surface area (Å²) in [4.78, 5) is 0. The second-order valence-electron chi connectivity index (χ2n) is 4.35. The van der Waals surface area contributed by atoms with Crippen molar-refractivity contribution < 1.29 is 4.74 Å². The lowest BCUT2D eigenvalue weighted by molar-refractivity contribution is 0.0134. The van der Waals surface area contributed by atoms with Crippen LogP contribution < -0.4 is 0 Å². The summed E-state index contributed by atoms with van der Waals surface area (Å²) in [5.74, 6) is 0.778. The average Bonchev–Trinajstić information content (AvgIpc) is 2.22. The summed E-state index contributed by atoms with van der Waals surface area (Å²) in [6, 6.07) is 0. The normalized spacial score (nSPS) is 28.3. The highest BCUT2D eigenvalue weighted by molar-refractivity contribution is 14.1. The second-order valence-corrected chi connectivity index (χ2v) is 5.95. The number of ether oxygens (including phenoxy) is 1. The summed E-state index contributed by atoms with van der Waals surface area (Å²) in [5, 5.41) is 0. The third-order valence-electron chi connectivity index (χ3n) is 3.32. The number of rotatable bonds is 5. The largest absolute Gasteiger partial charge is 0.377 e. The van der Waals surface area contributed by atoms with Gasteiger partial charge in [0.15, 0.2) is 0 Å². The SMILES string of the molecule is CCC(CC)COC1CCCCC1I. The molecular formula is C12H23IO. The van der Waals surface area contributed by atoms with E-state index in [0.717, 1.165) is 16.4 Å². The molecule has 2 atom stereocenters. The average molecular weight is 310 g/mol. The van der Waals surface area contributed by atoms with Crippen molar-refractivity contribution in [2.24, 2.45) is 5.92 Å².